The molecule has 102 valence electrons. The number of pyridine rings is 1. The molecule has 0 saturated carbocycles. The third-order valence-electron chi connectivity index (χ3n) is 3.74. The van der Waals surface area contributed by atoms with Crippen molar-refractivity contribution >= 4 is 34.3 Å². The fourth-order valence-electron chi connectivity index (χ4n) is 2.62. The van der Waals surface area contributed by atoms with Crippen molar-refractivity contribution in [3.8, 4) is 0 Å². The molecule has 0 aliphatic carbocycles. The quantitative estimate of drug-likeness (QED) is 0.516. The number of fused-ring (bicyclic) bond motifs is 2. The number of nitrogens with one attached hydrogen (secondary N) is 1. The van der Waals surface area contributed by atoms with Gasteiger partial charge in [0, 0.05) is 11.1 Å². The van der Waals surface area contributed by atoms with Crippen molar-refractivity contribution in [3.05, 3.63) is 78.0 Å². The van der Waals surface area contributed by atoms with Crippen molar-refractivity contribution in [2.45, 2.75) is 5.00 Å². The molecule has 1 aromatic heterocycles. The summed E-state index contributed by atoms with van der Waals surface area (Å²) in [5.74, 6) is 0. The second-order valence-corrected chi connectivity index (χ2v) is 5.74. The van der Waals surface area contributed by atoms with E-state index in [1.54, 1.807) is 0 Å². The molecule has 3 aromatic rings. The van der Waals surface area contributed by atoms with E-state index in [9.17, 15) is 0 Å². The van der Waals surface area contributed by atoms with Gasteiger partial charge in [0.2, 0.25) is 0 Å². The van der Waals surface area contributed by atoms with E-state index in [4.69, 9.17) is 16.6 Å². The minimum absolute atomic E-state index is 0.800. The molecular formula is C18H13ClN2. The summed E-state index contributed by atoms with van der Waals surface area (Å²) in [6.45, 7) is 0. The molecule has 3 heteroatoms. The predicted molar refractivity (Wildman–Crippen MR) is 88.4 cm³/mol. The second kappa shape index (κ2) is 4.61. The maximum atomic E-state index is 6.77. The van der Waals surface area contributed by atoms with Gasteiger partial charge in [-0.2, -0.15) is 0 Å². The van der Waals surface area contributed by atoms with Crippen LogP contribution < -0.4 is 5.32 Å². The topological polar surface area (TPSA) is 24.9 Å². The summed E-state index contributed by atoms with van der Waals surface area (Å²) in [4.78, 5) is 3.89. The van der Waals surface area contributed by atoms with Crippen LogP contribution in [0.5, 0.6) is 0 Å². The van der Waals surface area contributed by atoms with E-state index in [1.807, 2.05) is 60.7 Å². The summed E-state index contributed by atoms with van der Waals surface area (Å²) in [6.07, 6.45) is 3.99. The Balaban J connectivity index is 1.81. The van der Waals surface area contributed by atoms with Crippen LogP contribution in [0, 0.1) is 0 Å². The molecule has 1 aliphatic rings. The van der Waals surface area contributed by atoms with E-state index in [2.05, 4.69) is 17.4 Å². The number of para-hydroxylation sites is 2. The second-order valence-electron chi connectivity index (χ2n) is 5.15. The Morgan fingerprint density at radius 3 is 2.67 bits per heavy atom. The van der Waals surface area contributed by atoms with Gasteiger partial charge in [0.05, 0.1) is 11.2 Å². The summed E-state index contributed by atoms with van der Waals surface area (Å²) in [5.41, 5.74) is 3.90. The molecule has 0 spiro atoms. The number of hydrogen-bond acceptors (Lipinski definition) is 2. The Labute approximate surface area is 128 Å². The van der Waals surface area contributed by atoms with Crippen LogP contribution in [0.2, 0.25) is 0 Å². The zero-order valence-electron chi connectivity index (χ0n) is 11.3. The Hall–Kier alpha value is -2.32. The number of halogens is 1. The molecule has 0 radical (unpaired) electrons. The molecule has 0 bridgehead atoms. The maximum Gasteiger partial charge on any atom is 0.174 e. The fourth-order valence-corrected chi connectivity index (χ4v) is 2.89. The van der Waals surface area contributed by atoms with Crippen molar-refractivity contribution < 1.29 is 0 Å². The van der Waals surface area contributed by atoms with Gasteiger partial charge in [-0.25, -0.2) is 4.98 Å². The first-order valence-electron chi connectivity index (χ1n) is 6.86. The zero-order chi connectivity index (χ0) is 14.3. The predicted octanol–water partition coefficient (Wildman–Crippen LogP) is 4.77. The third-order valence-corrected chi connectivity index (χ3v) is 4.16. The lowest BCUT2D eigenvalue weighted by molar-refractivity contribution is 0.839. The minimum Gasteiger partial charge on any atom is -0.358 e. The summed E-state index contributed by atoms with van der Waals surface area (Å²) < 4.78 is 0. The molecule has 1 unspecified atom stereocenters. The van der Waals surface area contributed by atoms with Crippen molar-refractivity contribution in [2.75, 3.05) is 5.32 Å². The minimum atomic E-state index is -0.807. The average molecular weight is 293 g/mol. The van der Waals surface area contributed by atoms with Gasteiger partial charge in [-0.1, -0.05) is 60.1 Å². The van der Waals surface area contributed by atoms with Gasteiger partial charge in [-0.15, -0.1) is 0 Å². The molecule has 0 fully saturated rings. The highest BCUT2D eigenvalue weighted by Gasteiger charge is 2.31. The number of alkyl halides is 1. The first kappa shape index (κ1) is 12.4. The van der Waals surface area contributed by atoms with Crippen LogP contribution in [0.25, 0.3) is 17.0 Å². The molecule has 0 saturated heterocycles. The van der Waals surface area contributed by atoms with Gasteiger partial charge in [-0.05, 0) is 29.8 Å². The van der Waals surface area contributed by atoms with Crippen LogP contribution >= 0.6 is 11.6 Å². The lowest BCUT2D eigenvalue weighted by Crippen LogP contribution is -2.30. The number of nitrogens with zero attached hydrogens (tertiary/aromatic N) is 1. The van der Waals surface area contributed by atoms with Crippen LogP contribution in [0.4, 0.5) is 5.69 Å². The first-order valence-corrected chi connectivity index (χ1v) is 7.24. The maximum absolute atomic E-state index is 6.77. The summed E-state index contributed by atoms with van der Waals surface area (Å²) in [6, 6.07) is 20.2. The molecule has 21 heavy (non-hydrogen) atoms. The number of aromatic nitrogens is 1. The smallest absolute Gasteiger partial charge is 0.174 e. The Morgan fingerprint density at radius 1 is 0.905 bits per heavy atom. The van der Waals surface area contributed by atoms with E-state index in [1.165, 1.54) is 0 Å². The molecule has 2 heterocycles. The van der Waals surface area contributed by atoms with Gasteiger partial charge in [0.1, 0.15) is 0 Å². The molecule has 0 amide bonds. The van der Waals surface area contributed by atoms with Gasteiger partial charge >= 0.3 is 0 Å². The Kier molecular flexibility index (Phi) is 2.72. The highest BCUT2D eigenvalue weighted by atomic mass is 35.5. The summed E-state index contributed by atoms with van der Waals surface area (Å²) in [7, 11) is 0. The van der Waals surface area contributed by atoms with E-state index < -0.39 is 5.00 Å². The normalized spacial score (nSPS) is 20.0. The Bertz CT molecular complexity index is 856. The number of hydrogen-bond donors (Lipinski definition) is 1. The molecule has 1 atom stereocenters. The summed E-state index contributed by atoms with van der Waals surface area (Å²) >= 11 is 6.77. The highest BCUT2D eigenvalue weighted by Crippen LogP contribution is 2.37. The molecular weight excluding hydrogens is 280 g/mol. The van der Waals surface area contributed by atoms with E-state index >= 15 is 0 Å². The van der Waals surface area contributed by atoms with Crippen LogP contribution in [0.15, 0.2) is 66.7 Å². The van der Waals surface area contributed by atoms with E-state index in [-0.39, 0.29) is 0 Å². The van der Waals surface area contributed by atoms with Crippen LogP contribution in [0.3, 0.4) is 0 Å². The number of benzene rings is 2. The lowest BCUT2D eigenvalue weighted by Gasteiger charge is -2.30. The number of rotatable bonds is 1. The van der Waals surface area contributed by atoms with Crippen LogP contribution in [-0.2, 0) is 5.00 Å². The van der Waals surface area contributed by atoms with Crippen LogP contribution in [0.1, 0.15) is 11.3 Å². The van der Waals surface area contributed by atoms with Crippen molar-refractivity contribution in [2.24, 2.45) is 0 Å². The van der Waals surface area contributed by atoms with Crippen molar-refractivity contribution in [1.82, 2.24) is 4.98 Å². The highest BCUT2D eigenvalue weighted by molar-refractivity contribution is 6.27. The van der Waals surface area contributed by atoms with E-state index in [0.29, 0.717) is 0 Å². The molecule has 1 aliphatic heterocycles. The van der Waals surface area contributed by atoms with Crippen LogP contribution in [-0.4, -0.2) is 4.98 Å². The fraction of sp³-hybridized carbons (Fsp3) is 0.0556. The molecule has 2 nitrogen and oxygen atoms in total. The zero-order valence-corrected chi connectivity index (χ0v) is 12.0. The monoisotopic (exact) mass is 292 g/mol. The van der Waals surface area contributed by atoms with Gasteiger partial charge in [-0.3, -0.25) is 0 Å². The molecule has 1 N–H and O–H groups in total. The van der Waals surface area contributed by atoms with E-state index in [0.717, 1.165) is 27.8 Å². The molecule has 2 aromatic carbocycles. The van der Waals surface area contributed by atoms with Crippen molar-refractivity contribution in [3.63, 3.8) is 0 Å². The largest absolute Gasteiger partial charge is 0.358 e. The standard InChI is InChI=1S/C18H13ClN2/c19-18(12-11-14-6-2-4-8-16(14)21-18)17-10-9-13-5-1-3-7-15(13)20-17/h1-12,21H. The Morgan fingerprint density at radius 2 is 1.71 bits per heavy atom. The average Bonchev–Trinajstić information content (AvgIpc) is 2.54. The lowest BCUT2D eigenvalue weighted by atomic mass is 10.0. The molecule has 4 rings (SSSR count). The van der Waals surface area contributed by atoms with Crippen molar-refractivity contribution in [1.29, 1.82) is 0 Å². The SMILES string of the molecule is ClC1(c2ccc3ccccc3n2)C=Cc2ccccc2N1. The summed E-state index contributed by atoms with van der Waals surface area (Å²) in [5, 5.41) is 4.48. The third kappa shape index (κ3) is 2.08. The first-order chi connectivity index (χ1) is 10.2. The van der Waals surface area contributed by atoms with Gasteiger partial charge in [0.25, 0.3) is 0 Å². The van der Waals surface area contributed by atoms with Gasteiger partial charge in [0.15, 0.2) is 5.00 Å². The van der Waals surface area contributed by atoms with Gasteiger partial charge < -0.3 is 5.32 Å². The number of anilines is 1.